The first-order chi connectivity index (χ1) is 11.8. The molecule has 0 fully saturated rings. The van der Waals surface area contributed by atoms with Crippen molar-refractivity contribution in [2.24, 2.45) is 0 Å². The Hall–Kier alpha value is -3.22. The van der Waals surface area contributed by atoms with Crippen molar-refractivity contribution in [3.8, 4) is 5.88 Å². The summed E-state index contributed by atoms with van der Waals surface area (Å²) in [5, 5.41) is 0. The third kappa shape index (κ3) is 3.40. The van der Waals surface area contributed by atoms with E-state index in [0.29, 0.717) is 35.6 Å². The molecular formula is C17H16N4O3. The van der Waals surface area contributed by atoms with Crippen LogP contribution in [0.15, 0.2) is 43.5 Å². The lowest BCUT2D eigenvalue weighted by Crippen LogP contribution is -2.10. The first-order valence-corrected chi connectivity index (χ1v) is 7.45. The number of aromatic amines is 1. The number of hydrogen-bond acceptors (Lipinski definition) is 6. The van der Waals surface area contributed by atoms with Gasteiger partial charge in [-0.25, -0.2) is 14.8 Å². The Kier molecular flexibility index (Phi) is 4.81. The largest absolute Gasteiger partial charge is 0.476 e. The topological polar surface area (TPSA) is 90.0 Å². The second-order valence-corrected chi connectivity index (χ2v) is 4.91. The Morgan fingerprint density at radius 2 is 2.08 bits per heavy atom. The molecule has 0 bridgehead atoms. The van der Waals surface area contributed by atoms with Gasteiger partial charge in [-0.05, 0) is 11.6 Å². The number of nitrogens with zero attached hydrogens (tertiary/aromatic N) is 3. The van der Waals surface area contributed by atoms with E-state index in [4.69, 9.17) is 9.47 Å². The molecule has 0 saturated carbocycles. The quantitative estimate of drug-likeness (QED) is 0.531. The standard InChI is InChI=1S/C17H16N4O3/c1-2-12-6-3-4-7-13(12)17(22)24-9-5-8-23-16-14-15(19-10-18-14)20-11-21-16/h2-4,6-7,10-11H,1,5,8-9H2,(H,18,19,20,21). The van der Waals surface area contributed by atoms with Gasteiger partial charge in [0.05, 0.1) is 25.1 Å². The molecule has 24 heavy (non-hydrogen) atoms. The monoisotopic (exact) mass is 324 g/mol. The minimum atomic E-state index is -0.372. The fourth-order valence-electron chi connectivity index (χ4n) is 2.18. The van der Waals surface area contributed by atoms with Crippen molar-refractivity contribution < 1.29 is 14.3 Å². The van der Waals surface area contributed by atoms with E-state index in [0.717, 1.165) is 5.56 Å². The Balaban J connectivity index is 1.48. The minimum absolute atomic E-state index is 0.252. The van der Waals surface area contributed by atoms with E-state index in [-0.39, 0.29) is 12.6 Å². The molecule has 2 heterocycles. The van der Waals surface area contributed by atoms with Crippen molar-refractivity contribution in [1.82, 2.24) is 19.9 Å². The van der Waals surface area contributed by atoms with Gasteiger partial charge < -0.3 is 14.5 Å². The molecule has 1 N–H and O–H groups in total. The van der Waals surface area contributed by atoms with Crippen molar-refractivity contribution in [3.63, 3.8) is 0 Å². The fraction of sp³-hybridized carbons (Fsp3) is 0.176. The highest BCUT2D eigenvalue weighted by Gasteiger charge is 2.10. The van der Waals surface area contributed by atoms with Crippen LogP contribution in [0.3, 0.4) is 0 Å². The molecule has 0 saturated heterocycles. The zero-order chi connectivity index (χ0) is 16.8. The van der Waals surface area contributed by atoms with E-state index in [9.17, 15) is 4.79 Å². The first kappa shape index (κ1) is 15.7. The Morgan fingerprint density at radius 1 is 1.21 bits per heavy atom. The van der Waals surface area contributed by atoms with Gasteiger partial charge in [-0.1, -0.05) is 30.9 Å². The zero-order valence-corrected chi connectivity index (χ0v) is 12.9. The number of ether oxygens (including phenoxy) is 2. The molecule has 0 spiro atoms. The van der Waals surface area contributed by atoms with Crippen molar-refractivity contribution >= 4 is 23.2 Å². The van der Waals surface area contributed by atoms with Crippen LogP contribution in [0.4, 0.5) is 0 Å². The molecular weight excluding hydrogens is 308 g/mol. The van der Waals surface area contributed by atoms with Crippen LogP contribution in [0.2, 0.25) is 0 Å². The maximum atomic E-state index is 12.1. The van der Waals surface area contributed by atoms with E-state index < -0.39 is 0 Å². The van der Waals surface area contributed by atoms with Crippen LogP contribution >= 0.6 is 0 Å². The van der Waals surface area contributed by atoms with E-state index in [1.807, 2.05) is 12.1 Å². The van der Waals surface area contributed by atoms with Gasteiger partial charge in [0.15, 0.2) is 5.65 Å². The predicted octanol–water partition coefficient (Wildman–Crippen LogP) is 2.62. The molecule has 0 unspecified atom stereocenters. The molecule has 3 aromatic rings. The van der Waals surface area contributed by atoms with Gasteiger partial charge in [0.2, 0.25) is 5.88 Å². The normalized spacial score (nSPS) is 10.5. The number of aromatic nitrogens is 4. The van der Waals surface area contributed by atoms with E-state index in [1.165, 1.54) is 12.7 Å². The SMILES string of the molecule is C=Cc1ccccc1C(=O)OCCCOc1ncnc2nc[nH]c12. The number of esters is 1. The Labute approximate surface area is 138 Å². The van der Waals surface area contributed by atoms with Crippen LogP contribution in [0.25, 0.3) is 17.2 Å². The maximum Gasteiger partial charge on any atom is 0.338 e. The number of carbonyl (C=O) groups is 1. The molecule has 3 rings (SSSR count). The molecule has 0 amide bonds. The van der Waals surface area contributed by atoms with Crippen molar-refractivity contribution in [3.05, 3.63) is 54.6 Å². The number of benzene rings is 1. The summed E-state index contributed by atoms with van der Waals surface area (Å²) in [6, 6.07) is 7.17. The van der Waals surface area contributed by atoms with Gasteiger partial charge in [0.1, 0.15) is 11.8 Å². The van der Waals surface area contributed by atoms with Crippen LogP contribution < -0.4 is 4.74 Å². The van der Waals surface area contributed by atoms with Gasteiger partial charge >= 0.3 is 5.97 Å². The molecule has 0 radical (unpaired) electrons. The van der Waals surface area contributed by atoms with Gasteiger partial charge in [-0.3, -0.25) is 0 Å². The Morgan fingerprint density at radius 3 is 2.96 bits per heavy atom. The Bertz CT molecular complexity index is 860. The zero-order valence-electron chi connectivity index (χ0n) is 12.9. The number of nitrogens with one attached hydrogen (secondary N) is 1. The summed E-state index contributed by atoms with van der Waals surface area (Å²) < 4.78 is 10.8. The molecule has 2 aromatic heterocycles. The lowest BCUT2D eigenvalue weighted by Gasteiger charge is -2.08. The number of hydrogen-bond donors (Lipinski definition) is 1. The van der Waals surface area contributed by atoms with Crippen LogP contribution in [-0.2, 0) is 4.74 Å². The summed E-state index contributed by atoms with van der Waals surface area (Å²) in [5.41, 5.74) is 2.45. The minimum Gasteiger partial charge on any atom is -0.476 e. The third-order valence-electron chi connectivity index (χ3n) is 3.35. The van der Waals surface area contributed by atoms with Crippen LogP contribution in [0, 0.1) is 0 Å². The van der Waals surface area contributed by atoms with Gasteiger partial charge in [0, 0.05) is 6.42 Å². The first-order valence-electron chi connectivity index (χ1n) is 7.45. The van der Waals surface area contributed by atoms with E-state index in [2.05, 4.69) is 26.5 Å². The fourth-order valence-corrected chi connectivity index (χ4v) is 2.18. The number of rotatable bonds is 7. The summed E-state index contributed by atoms with van der Waals surface area (Å²) in [4.78, 5) is 27.1. The molecule has 0 aliphatic rings. The second kappa shape index (κ2) is 7.36. The average Bonchev–Trinajstić information content (AvgIpc) is 3.10. The number of carbonyl (C=O) groups excluding carboxylic acids is 1. The molecule has 0 aliphatic carbocycles. The number of H-pyrrole nitrogens is 1. The van der Waals surface area contributed by atoms with Crippen molar-refractivity contribution in [2.45, 2.75) is 6.42 Å². The van der Waals surface area contributed by atoms with E-state index in [1.54, 1.807) is 18.2 Å². The van der Waals surface area contributed by atoms with Gasteiger partial charge in [0.25, 0.3) is 0 Å². The second-order valence-electron chi connectivity index (χ2n) is 4.91. The molecule has 1 aromatic carbocycles. The molecule has 7 heteroatoms. The highest BCUT2D eigenvalue weighted by Crippen LogP contribution is 2.17. The molecule has 7 nitrogen and oxygen atoms in total. The predicted molar refractivity (Wildman–Crippen MR) is 88.6 cm³/mol. The van der Waals surface area contributed by atoms with Crippen LogP contribution in [0.5, 0.6) is 5.88 Å². The van der Waals surface area contributed by atoms with Crippen molar-refractivity contribution in [2.75, 3.05) is 13.2 Å². The van der Waals surface area contributed by atoms with Crippen molar-refractivity contribution in [1.29, 1.82) is 0 Å². The highest BCUT2D eigenvalue weighted by molar-refractivity contribution is 5.93. The lowest BCUT2D eigenvalue weighted by atomic mass is 10.1. The molecule has 0 atom stereocenters. The third-order valence-corrected chi connectivity index (χ3v) is 3.35. The summed E-state index contributed by atoms with van der Waals surface area (Å²) >= 11 is 0. The number of imidazole rings is 1. The maximum absolute atomic E-state index is 12.1. The summed E-state index contributed by atoms with van der Waals surface area (Å²) in [6.07, 6.45) is 5.10. The highest BCUT2D eigenvalue weighted by atomic mass is 16.5. The van der Waals surface area contributed by atoms with E-state index >= 15 is 0 Å². The van der Waals surface area contributed by atoms with Crippen LogP contribution in [-0.4, -0.2) is 39.1 Å². The van der Waals surface area contributed by atoms with Crippen LogP contribution in [0.1, 0.15) is 22.3 Å². The van der Waals surface area contributed by atoms with Gasteiger partial charge in [-0.15, -0.1) is 0 Å². The molecule has 0 aliphatic heterocycles. The van der Waals surface area contributed by atoms with Gasteiger partial charge in [-0.2, -0.15) is 4.98 Å². The molecule has 122 valence electrons. The summed E-state index contributed by atoms with van der Waals surface area (Å²) in [7, 11) is 0. The lowest BCUT2D eigenvalue weighted by molar-refractivity contribution is 0.0485. The smallest absolute Gasteiger partial charge is 0.338 e. The summed E-state index contributed by atoms with van der Waals surface area (Å²) in [6.45, 7) is 4.30. The number of fused-ring (bicyclic) bond motifs is 1. The average molecular weight is 324 g/mol. The summed E-state index contributed by atoms with van der Waals surface area (Å²) in [5.74, 6) is 0.0596.